The molecule has 7 heteroatoms. The zero-order chi connectivity index (χ0) is 17.5. The summed E-state index contributed by atoms with van der Waals surface area (Å²) in [6.45, 7) is 3.80. The summed E-state index contributed by atoms with van der Waals surface area (Å²) in [5.41, 5.74) is 0.475. The SMILES string of the molecule is CCOc1cc(C(=O)N(C)C[C@@H]2CCOC2)ccc1OCC(=O)O. The van der Waals surface area contributed by atoms with Crippen molar-refractivity contribution in [2.45, 2.75) is 13.3 Å². The summed E-state index contributed by atoms with van der Waals surface area (Å²) in [4.78, 5) is 24.9. The second-order valence-corrected chi connectivity index (χ2v) is 5.69. The molecule has 1 aliphatic heterocycles. The lowest BCUT2D eigenvalue weighted by molar-refractivity contribution is -0.139. The molecule has 0 aromatic heterocycles. The first-order valence-corrected chi connectivity index (χ1v) is 7.96. The maximum atomic E-state index is 12.6. The topological polar surface area (TPSA) is 85.3 Å². The molecule has 1 aromatic rings. The van der Waals surface area contributed by atoms with E-state index in [1.807, 2.05) is 6.92 Å². The molecule has 0 spiro atoms. The van der Waals surface area contributed by atoms with Gasteiger partial charge in [0.15, 0.2) is 18.1 Å². The third-order valence-electron chi connectivity index (χ3n) is 3.74. The van der Waals surface area contributed by atoms with Crippen LogP contribution in [0.3, 0.4) is 0 Å². The zero-order valence-corrected chi connectivity index (χ0v) is 14.0. The lowest BCUT2D eigenvalue weighted by Gasteiger charge is -2.21. The summed E-state index contributed by atoms with van der Waals surface area (Å²) in [6, 6.07) is 4.77. The van der Waals surface area contributed by atoms with Gasteiger partial charge in [0.2, 0.25) is 0 Å². The first-order valence-electron chi connectivity index (χ1n) is 7.96. The predicted molar refractivity (Wildman–Crippen MR) is 86.6 cm³/mol. The Morgan fingerprint density at radius 3 is 2.75 bits per heavy atom. The second-order valence-electron chi connectivity index (χ2n) is 5.69. The van der Waals surface area contributed by atoms with Crippen molar-refractivity contribution in [3.63, 3.8) is 0 Å². The molecule has 0 saturated carbocycles. The minimum Gasteiger partial charge on any atom is -0.490 e. The van der Waals surface area contributed by atoms with Crippen LogP contribution in [0.1, 0.15) is 23.7 Å². The third-order valence-corrected chi connectivity index (χ3v) is 3.74. The van der Waals surface area contributed by atoms with Crippen molar-refractivity contribution >= 4 is 11.9 Å². The van der Waals surface area contributed by atoms with Gasteiger partial charge in [0.05, 0.1) is 13.2 Å². The van der Waals surface area contributed by atoms with Gasteiger partial charge in [0.25, 0.3) is 5.91 Å². The van der Waals surface area contributed by atoms with Crippen molar-refractivity contribution in [2.75, 3.05) is 40.0 Å². The van der Waals surface area contributed by atoms with Crippen LogP contribution >= 0.6 is 0 Å². The molecule has 0 bridgehead atoms. The van der Waals surface area contributed by atoms with Gasteiger partial charge in [-0.1, -0.05) is 0 Å². The van der Waals surface area contributed by atoms with Crippen LogP contribution in [0, 0.1) is 5.92 Å². The van der Waals surface area contributed by atoms with Crippen LogP contribution in [0.15, 0.2) is 18.2 Å². The minimum atomic E-state index is -1.07. The van der Waals surface area contributed by atoms with E-state index in [4.69, 9.17) is 19.3 Å². The number of nitrogens with zero attached hydrogens (tertiary/aromatic N) is 1. The van der Waals surface area contributed by atoms with E-state index in [-0.39, 0.29) is 5.91 Å². The maximum absolute atomic E-state index is 12.6. The molecule has 1 aliphatic rings. The molecule has 0 aliphatic carbocycles. The van der Waals surface area contributed by atoms with Crippen molar-refractivity contribution in [1.29, 1.82) is 0 Å². The standard InChI is InChI=1S/C17H23NO6/c1-3-23-15-8-13(4-5-14(15)24-11-16(19)20)17(21)18(2)9-12-6-7-22-10-12/h4-5,8,12H,3,6-7,9-11H2,1-2H3,(H,19,20)/t12-/m0/s1. The summed E-state index contributed by atoms with van der Waals surface area (Å²) < 4.78 is 16.0. The van der Waals surface area contributed by atoms with Crippen LogP contribution in [0.5, 0.6) is 11.5 Å². The van der Waals surface area contributed by atoms with Crippen molar-refractivity contribution in [1.82, 2.24) is 4.90 Å². The number of hydrogen-bond donors (Lipinski definition) is 1. The highest BCUT2D eigenvalue weighted by molar-refractivity contribution is 5.94. The van der Waals surface area contributed by atoms with Gasteiger partial charge in [0, 0.05) is 31.7 Å². The molecule has 0 unspecified atom stereocenters. The van der Waals surface area contributed by atoms with E-state index in [9.17, 15) is 9.59 Å². The Morgan fingerprint density at radius 2 is 2.12 bits per heavy atom. The number of carbonyl (C=O) groups excluding carboxylic acids is 1. The molecule has 1 atom stereocenters. The number of carboxylic acids is 1. The molecule has 1 amide bonds. The van der Waals surface area contributed by atoms with E-state index in [2.05, 4.69) is 0 Å². The second kappa shape index (κ2) is 8.54. The fourth-order valence-corrected chi connectivity index (χ4v) is 2.59. The highest BCUT2D eigenvalue weighted by Gasteiger charge is 2.21. The van der Waals surface area contributed by atoms with Crippen LogP contribution in [0.25, 0.3) is 0 Å². The predicted octanol–water partition coefficient (Wildman–Crippen LogP) is 1.66. The van der Waals surface area contributed by atoms with Crippen LogP contribution < -0.4 is 9.47 Å². The summed E-state index contributed by atoms with van der Waals surface area (Å²) in [6.07, 6.45) is 0.962. The Hall–Kier alpha value is -2.28. The van der Waals surface area contributed by atoms with E-state index in [1.165, 1.54) is 0 Å². The van der Waals surface area contributed by atoms with Gasteiger partial charge in [-0.25, -0.2) is 4.79 Å². The monoisotopic (exact) mass is 337 g/mol. The Bertz CT molecular complexity index is 582. The van der Waals surface area contributed by atoms with Crippen molar-refractivity contribution in [2.24, 2.45) is 5.92 Å². The number of hydrogen-bond acceptors (Lipinski definition) is 5. The Balaban J connectivity index is 2.09. The fourth-order valence-electron chi connectivity index (χ4n) is 2.59. The molecule has 7 nitrogen and oxygen atoms in total. The zero-order valence-electron chi connectivity index (χ0n) is 14.0. The van der Waals surface area contributed by atoms with Gasteiger partial charge >= 0.3 is 5.97 Å². The summed E-state index contributed by atoms with van der Waals surface area (Å²) in [5.74, 6) is -0.155. The van der Waals surface area contributed by atoms with E-state index < -0.39 is 12.6 Å². The number of rotatable bonds is 8. The highest BCUT2D eigenvalue weighted by atomic mass is 16.5. The molecular weight excluding hydrogens is 314 g/mol. The van der Waals surface area contributed by atoms with E-state index >= 15 is 0 Å². The number of carboxylic acid groups (broad SMARTS) is 1. The average Bonchev–Trinajstić information content (AvgIpc) is 3.06. The first-order chi connectivity index (χ1) is 11.5. The van der Waals surface area contributed by atoms with Gasteiger partial charge in [-0.2, -0.15) is 0 Å². The van der Waals surface area contributed by atoms with Crippen molar-refractivity contribution in [3.8, 4) is 11.5 Å². The van der Waals surface area contributed by atoms with E-state index in [0.717, 1.165) is 13.0 Å². The van der Waals surface area contributed by atoms with Crippen LogP contribution in [0.4, 0.5) is 0 Å². The van der Waals surface area contributed by atoms with Crippen molar-refractivity contribution in [3.05, 3.63) is 23.8 Å². The van der Waals surface area contributed by atoms with Crippen molar-refractivity contribution < 1.29 is 28.9 Å². The quantitative estimate of drug-likeness (QED) is 0.776. The van der Waals surface area contributed by atoms with Gasteiger partial charge in [-0.15, -0.1) is 0 Å². The number of carbonyl (C=O) groups is 2. The third kappa shape index (κ3) is 4.86. The summed E-state index contributed by atoms with van der Waals surface area (Å²) >= 11 is 0. The maximum Gasteiger partial charge on any atom is 0.341 e. The molecule has 1 aromatic carbocycles. The van der Waals surface area contributed by atoms with Crippen LogP contribution in [-0.2, 0) is 9.53 Å². The van der Waals surface area contributed by atoms with Crippen LogP contribution in [-0.4, -0.2) is 61.9 Å². The number of aliphatic carboxylic acids is 1. The Kier molecular flexibility index (Phi) is 6.43. The minimum absolute atomic E-state index is 0.118. The van der Waals surface area contributed by atoms with Gasteiger partial charge in [-0.3, -0.25) is 4.79 Å². The molecule has 2 rings (SSSR count). The molecule has 24 heavy (non-hydrogen) atoms. The fraction of sp³-hybridized carbons (Fsp3) is 0.529. The Morgan fingerprint density at radius 1 is 1.33 bits per heavy atom. The van der Waals surface area contributed by atoms with Gasteiger partial charge < -0.3 is 24.2 Å². The normalized spacial score (nSPS) is 16.7. The molecule has 1 heterocycles. The van der Waals surface area contributed by atoms with Crippen LogP contribution in [0.2, 0.25) is 0 Å². The molecule has 1 saturated heterocycles. The molecule has 1 fully saturated rings. The molecular formula is C17H23NO6. The summed E-state index contributed by atoms with van der Waals surface area (Å²) in [7, 11) is 1.76. The highest BCUT2D eigenvalue weighted by Crippen LogP contribution is 2.29. The number of benzene rings is 1. The van der Waals surface area contributed by atoms with E-state index in [0.29, 0.717) is 42.7 Å². The molecule has 0 radical (unpaired) electrons. The van der Waals surface area contributed by atoms with Gasteiger partial charge in [0.1, 0.15) is 0 Å². The lowest BCUT2D eigenvalue weighted by atomic mass is 10.1. The smallest absolute Gasteiger partial charge is 0.341 e. The summed E-state index contributed by atoms with van der Waals surface area (Å²) in [5, 5.41) is 8.71. The number of amides is 1. The van der Waals surface area contributed by atoms with Gasteiger partial charge in [-0.05, 0) is 31.5 Å². The largest absolute Gasteiger partial charge is 0.490 e. The Labute approximate surface area is 141 Å². The van der Waals surface area contributed by atoms with E-state index in [1.54, 1.807) is 30.1 Å². The number of ether oxygens (including phenoxy) is 3. The molecule has 132 valence electrons. The molecule has 1 N–H and O–H groups in total. The average molecular weight is 337 g/mol. The lowest BCUT2D eigenvalue weighted by Crippen LogP contribution is -2.32. The first kappa shape index (κ1) is 18.1.